The number of amides is 1. The summed E-state index contributed by atoms with van der Waals surface area (Å²) in [6.07, 6.45) is 2.29. The largest absolute Gasteiger partial charge is 0.441 e. The lowest BCUT2D eigenvalue weighted by atomic mass is 10.0. The Morgan fingerprint density at radius 2 is 1.81 bits per heavy atom. The Morgan fingerprint density at radius 3 is 2.48 bits per heavy atom. The minimum Gasteiger partial charge on any atom is -0.441 e. The van der Waals surface area contributed by atoms with Crippen LogP contribution in [0.25, 0.3) is 11.3 Å². The molecule has 27 heavy (non-hydrogen) atoms. The predicted octanol–water partition coefficient (Wildman–Crippen LogP) is 6.14. The molecular formula is C21H20Cl2N2O2. The summed E-state index contributed by atoms with van der Waals surface area (Å²) in [7, 11) is 0. The number of anilines is 1. The zero-order chi connectivity index (χ0) is 19.6. The van der Waals surface area contributed by atoms with E-state index in [1.54, 1.807) is 24.4 Å². The highest BCUT2D eigenvalue weighted by molar-refractivity contribution is 6.36. The molecule has 140 valence electrons. The van der Waals surface area contributed by atoms with Crippen molar-refractivity contribution in [2.24, 2.45) is 0 Å². The van der Waals surface area contributed by atoms with Crippen molar-refractivity contribution in [3.8, 4) is 11.3 Å². The number of hydrogen-bond acceptors (Lipinski definition) is 3. The first-order valence-electron chi connectivity index (χ1n) is 8.61. The molecule has 0 saturated carbocycles. The van der Waals surface area contributed by atoms with Crippen molar-refractivity contribution in [3.63, 3.8) is 0 Å². The van der Waals surface area contributed by atoms with Gasteiger partial charge in [0.05, 0.1) is 11.2 Å². The number of carbonyl (C=O) groups excluding carboxylic acids is 1. The van der Waals surface area contributed by atoms with E-state index < -0.39 is 0 Å². The third kappa shape index (κ3) is 4.71. The first kappa shape index (κ1) is 19.5. The molecule has 1 N–H and O–H groups in total. The summed E-state index contributed by atoms with van der Waals surface area (Å²) in [6, 6.07) is 9.28. The number of rotatable bonds is 5. The highest BCUT2D eigenvalue weighted by Gasteiger charge is 2.13. The predicted molar refractivity (Wildman–Crippen MR) is 110 cm³/mol. The maximum atomic E-state index is 12.3. The molecule has 1 amide bonds. The molecule has 0 saturated heterocycles. The van der Waals surface area contributed by atoms with Crippen LogP contribution in [0.2, 0.25) is 10.0 Å². The van der Waals surface area contributed by atoms with Crippen molar-refractivity contribution in [1.29, 1.82) is 0 Å². The quantitative estimate of drug-likeness (QED) is 0.556. The highest BCUT2D eigenvalue weighted by Crippen LogP contribution is 2.31. The molecule has 0 fully saturated rings. The molecule has 0 unspecified atom stereocenters. The number of benzene rings is 2. The number of halogens is 2. The lowest BCUT2D eigenvalue weighted by Gasteiger charge is -2.12. The van der Waals surface area contributed by atoms with Gasteiger partial charge in [-0.1, -0.05) is 40.9 Å². The number of oxazole rings is 1. The summed E-state index contributed by atoms with van der Waals surface area (Å²) < 4.78 is 5.74. The second kappa shape index (κ2) is 8.15. The normalized spacial score (nSPS) is 10.9. The minimum absolute atomic E-state index is 0.0747. The standard InChI is InChI=1S/C21H20Cl2N2O2/c1-12-8-13(2)21(14(3)9-12)25-19(26)6-7-20-24-11-18(27-20)16-5-4-15(22)10-17(16)23/h4-5,8-11H,6-7H2,1-3H3,(H,25,26). The van der Waals surface area contributed by atoms with Crippen molar-refractivity contribution in [2.45, 2.75) is 33.6 Å². The maximum Gasteiger partial charge on any atom is 0.224 e. The van der Waals surface area contributed by atoms with Crippen LogP contribution in [0.3, 0.4) is 0 Å². The van der Waals surface area contributed by atoms with Crippen LogP contribution in [0.5, 0.6) is 0 Å². The number of aryl methyl sites for hydroxylation is 4. The topological polar surface area (TPSA) is 55.1 Å². The van der Waals surface area contributed by atoms with E-state index in [1.165, 1.54) is 5.56 Å². The number of hydrogen-bond donors (Lipinski definition) is 1. The van der Waals surface area contributed by atoms with Gasteiger partial charge in [-0.25, -0.2) is 4.98 Å². The van der Waals surface area contributed by atoms with Crippen LogP contribution in [-0.4, -0.2) is 10.9 Å². The van der Waals surface area contributed by atoms with E-state index in [1.807, 2.05) is 20.8 Å². The zero-order valence-corrected chi connectivity index (χ0v) is 16.9. The molecule has 3 rings (SSSR count). The zero-order valence-electron chi connectivity index (χ0n) is 15.4. The molecule has 4 nitrogen and oxygen atoms in total. The lowest BCUT2D eigenvalue weighted by Crippen LogP contribution is -2.14. The highest BCUT2D eigenvalue weighted by atomic mass is 35.5. The third-order valence-corrected chi connectivity index (χ3v) is 4.81. The fourth-order valence-corrected chi connectivity index (χ4v) is 3.54. The number of aromatic nitrogens is 1. The number of nitrogens with one attached hydrogen (secondary N) is 1. The van der Waals surface area contributed by atoms with Crippen LogP contribution in [0, 0.1) is 20.8 Å². The maximum absolute atomic E-state index is 12.3. The molecular weight excluding hydrogens is 383 g/mol. The molecule has 1 heterocycles. The van der Waals surface area contributed by atoms with Crippen LogP contribution in [0.4, 0.5) is 5.69 Å². The molecule has 3 aromatic rings. The van der Waals surface area contributed by atoms with E-state index in [-0.39, 0.29) is 12.3 Å². The Morgan fingerprint density at radius 1 is 1.11 bits per heavy atom. The Labute approximate surface area is 168 Å². The van der Waals surface area contributed by atoms with Gasteiger partial charge in [0.2, 0.25) is 5.91 Å². The molecule has 0 bridgehead atoms. The van der Waals surface area contributed by atoms with Crippen LogP contribution in [0.1, 0.15) is 29.0 Å². The lowest BCUT2D eigenvalue weighted by molar-refractivity contribution is -0.116. The molecule has 0 atom stereocenters. The van der Waals surface area contributed by atoms with Gasteiger partial charge < -0.3 is 9.73 Å². The summed E-state index contributed by atoms with van der Waals surface area (Å²) in [6.45, 7) is 6.02. The number of nitrogens with zero attached hydrogens (tertiary/aromatic N) is 1. The van der Waals surface area contributed by atoms with Crippen molar-refractivity contribution in [3.05, 3.63) is 69.2 Å². The van der Waals surface area contributed by atoms with Crippen molar-refractivity contribution >= 4 is 34.8 Å². The van der Waals surface area contributed by atoms with Crippen LogP contribution < -0.4 is 5.32 Å². The fraction of sp³-hybridized carbons (Fsp3) is 0.238. The van der Waals surface area contributed by atoms with Gasteiger partial charge in [0.25, 0.3) is 0 Å². The van der Waals surface area contributed by atoms with E-state index in [0.717, 1.165) is 22.4 Å². The van der Waals surface area contributed by atoms with E-state index in [9.17, 15) is 4.79 Å². The first-order valence-corrected chi connectivity index (χ1v) is 9.37. The minimum atomic E-state index is -0.0747. The molecule has 0 aliphatic heterocycles. The average molecular weight is 403 g/mol. The van der Waals surface area contributed by atoms with Gasteiger partial charge in [-0.2, -0.15) is 0 Å². The summed E-state index contributed by atoms with van der Waals surface area (Å²) >= 11 is 12.1. The van der Waals surface area contributed by atoms with Crippen molar-refractivity contribution < 1.29 is 9.21 Å². The second-order valence-electron chi connectivity index (χ2n) is 6.56. The average Bonchev–Trinajstić information content (AvgIpc) is 3.05. The monoisotopic (exact) mass is 402 g/mol. The van der Waals surface area contributed by atoms with E-state index in [2.05, 4.69) is 22.4 Å². The first-order chi connectivity index (χ1) is 12.8. The summed E-state index contributed by atoms with van der Waals surface area (Å²) in [5.74, 6) is 0.968. The van der Waals surface area contributed by atoms with Crippen molar-refractivity contribution in [1.82, 2.24) is 4.98 Å². The van der Waals surface area contributed by atoms with Gasteiger partial charge in [-0.3, -0.25) is 4.79 Å². The molecule has 0 spiro atoms. The van der Waals surface area contributed by atoms with E-state index >= 15 is 0 Å². The third-order valence-electron chi connectivity index (χ3n) is 4.26. The van der Waals surface area contributed by atoms with Gasteiger partial charge in [-0.05, 0) is 50.1 Å². The van der Waals surface area contributed by atoms with Crippen LogP contribution in [-0.2, 0) is 11.2 Å². The van der Waals surface area contributed by atoms with E-state index in [4.69, 9.17) is 27.6 Å². The molecule has 2 aromatic carbocycles. The Bertz CT molecular complexity index is 973. The SMILES string of the molecule is Cc1cc(C)c(NC(=O)CCc2ncc(-c3ccc(Cl)cc3Cl)o2)c(C)c1. The molecule has 1 aromatic heterocycles. The Balaban J connectivity index is 1.64. The van der Waals surface area contributed by atoms with Gasteiger partial charge in [0, 0.05) is 29.1 Å². The van der Waals surface area contributed by atoms with Crippen LogP contribution >= 0.6 is 23.2 Å². The molecule has 0 aliphatic rings. The molecule has 0 aliphatic carbocycles. The summed E-state index contributed by atoms with van der Waals surface area (Å²) in [5.41, 5.74) is 4.87. The van der Waals surface area contributed by atoms with Crippen LogP contribution in [0.15, 0.2) is 40.9 Å². The van der Waals surface area contributed by atoms with Gasteiger partial charge in [0.1, 0.15) is 0 Å². The Kier molecular flexibility index (Phi) is 5.88. The summed E-state index contributed by atoms with van der Waals surface area (Å²) in [5, 5.41) is 4.04. The molecule has 0 radical (unpaired) electrons. The van der Waals surface area contributed by atoms with E-state index in [0.29, 0.717) is 28.1 Å². The van der Waals surface area contributed by atoms with Gasteiger partial charge >= 0.3 is 0 Å². The summed E-state index contributed by atoms with van der Waals surface area (Å²) in [4.78, 5) is 16.6. The second-order valence-corrected chi connectivity index (χ2v) is 7.41. The smallest absolute Gasteiger partial charge is 0.224 e. The number of carbonyl (C=O) groups is 1. The van der Waals surface area contributed by atoms with Gasteiger partial charge in [-0.15, -0.1) is 0 Å². The molecule has 6 heteroatoms. The fourth-order valence-electron chi connectivity index (χ4n) is 3.04. The van der Waals surface area contributed by atoms with Crippen molar-refractivity contribution in [2.75, 3.05) is 5.32 Å². The Hall–Kier alpha value is -2.30. The van der Waals surface area contributed by atoms with Gasteiger partial charge in [0.15, 0.2) is 11.7 Å².